The van der Waals surface area contributed by atoms with Gasteiger partial charge in [0.1, 0.15) is 11.5 Å². The largest absolute Gasteiger partial charge is 0.508 e. The van der Waals surface area contributed by atoms with Gasteiger partial charge in [0.05, 0.1) is 22.3 Å². The molecule has 0 atom stereocenters. The summed E-state index contributed by atoms with van der Waals surface area (Å²) in [6, 6.07) is 8.13. The number of aromatic hydroxyl groups is 2. The second-order valence-corrected chi connectivity index (χ2v) is 4.67. The van der Waals surface area contributed by atoms with Crippen molar-refractivity contribution in [1.29, 1.82) is 0 Å². The van der Waals surface area contributed by atoms with E-state index in [1.807, 2.05) is 0 Å². The monoisotopic (exact) mass is 315 g/mol. The van der Waals surface area contributed by atoms with Gasteiger partial charge in [-0.3, -0.25) is 14.9 Å². The molecule has 0 saturated heterocycles. The first-order valence-corrected chi connectivity index (χ1v) is 6.49. The number of nitro benzene ring substituents is 1. The first-order chi connectivity index (χ1) is 10.9. The third-order valence-corrected chi connectivity index (χ3v) is 3.06. The molecule has 2 aromatic carbocycles. The zero-order chi connectivity index (χ0) is 17.0. The maximum atomic E-state index is 11.9. The van der Waals surface area contributed by atoms with Gasteiger partial charge in [-0.15, -0.1) is 0 Å². The highest BCUT2D eigenvalue weighted by molar-refractivity contribution is 5.98. The van der Waals surface area contributed by atoms with Crippen LogP contribution in [0.1, 0.15) is 21.5 Å². The Morgan fingerprint density at radius 1 is 1.30 bits per heavy atom. The number of hydrogen-bond acceptors (Lipinski definition) is 6. The molecule has 0 aliphatic carbocycles. The van der Waals surface area contributed by atoms with E-state index in [0.717, 1.165) is 18.3 Å². The third-order valence-electron chi connectivity index (χ3n) is 3.06. The molecule has 118 valence electrons. The highest BCUT2D eigenvalue weighted by atomic mass is 16.6. The van der Waals surface area contributed by atoms with Crippen molar-refractivity contribution >= 4 is 17.8 Å². The van der Waals surface area contributed by atoms with Crippen molar-refractivity contribution in [2.45, 2.75) is 6.92 Å². The van der Waals surface area contributed by atoms with Crippen LogP contribution in [0.25, 0.3) is 0 Å². The van der Waals surface area contributed by atoms with E-state index in [9.17, 15) is 25.1 Å². The highest BCUT2D eigenvalue weighted by Crippen LogP contribution is 2.22. The summed E-state index contributed by atoms with van der Waals surface area (Å²) < 4.78 is 0. The van der Waals surface area contributed by atoms with Gasteiger partial charge in [0.15, 0.2) is 0 Å². The molecular weight excluding hydrogens is 302 g/mol. The fourth-order valence-corrected chi connectivity index (χ4v) is 1.87. The van der Waals surface area contributed by atoms with Crippen LogP contribution in [0.5, 0.6) is 11.5 Å². The molecule has 2 rings (SSSR count). The number of amides is 1. The van der Waals surface area contributed by atoms with Crippen LogP contribution < -0.4 is 5.43 Å². The van der Waals surface area contributed by atoms with E-state index in [-0.39, 0.29) is 28.3 Å². The molecule has 0 bridgehead atoms. The van der Waals surface area contributed by atoms with Crippen molar-refractivity contribution in [2.75, 3.05) is 0 Å². The summed E-state index contributed by atoms with van der Waals surface area (Å²) >= 11 is 0. The Morgan fingerprint density at radius 3 is 2.74 bits per heavy atom. The minimum absolute atomic E-state index is 0.0313. The molecule has 0 radical (unpaired) electrons. The summed E-state index contributed by atoms with van der Waals surface area (Å²) in [5.41, 5.74) is 2.50. The van der Waals surface area contributed by atoms with Gasteiger partial charge < -0.3 is 10.2 Å². The smallest absolute Gasteiger partial charge is 0.278 e. The number of benzene rings is 2. The topological polar surface area (TPSA) is 125 Å². The van der Waals surface area contributed by atoms with Crippen molar-refractivity contribution < 1.29 is 19.9 Å². The molecule has 0 aromatic heterocycles. The number of rotatable bonds is 4. The first kappa shape index (κ1) is 16.0. The van der Waals surface area contributed by atoms with Crippen LogP contribution in [0, 0.1) is 17.0 Å². The van der Waals surface area contributed by atoms with Gasteiger partial charge in [-0.1, -0.05) is 12.1 Å². The maximum absolute atomic E-state index is 11.9. The van der Waals surface area contributed by atoms with Crippen LogP contribution in [0.3, 0.4) is 0 Å². The minimum atomic E-state index is -0.662. The Bertz CT molecular complexity index is 802. The molecule has 8 heteroatoms. The fourth-order valence-electron chi connectivity index (χ4n) is 1.87. The number of carbonyl (C=O) groups is 1. The average molecular weight is 315 g/mol. The van der Waals surface area contributed by atoms with Crippen molar-refractivity contribution in [2.24, 2.45) is 5.10 Å². The highest BCUT2D eigenvalue weighted by Gasteiger charge is 2.14. The van der Waals surface area contributed by atoms with Gasteiger partial charge in [0.25, 0.3) is 11.6 Å². The molecule has 0 heterocycles. The molecule has 8 nitrogen and oxygen atoms in total. The van der Waals surface area contributed by atoms with Gasteiger partial charge in [-0.25, -0.2) is 5.43 Å². The predicted octanol–water partition coefficient (Wildman–Crippen LogP) is 2.08. The van der Waals surface area contributed by atoms with Crippen LogP contribution >= 0.6 is 0 Å². The Morgan fingerprint density at radius 2 is 2.04 bits per heavy atom. The molecule has 0 spiro atoms. The molecule has 3 N–H and O–H groups in total. The van der Waals surface area contributed by atoms with Crippen LogP contribution in [0.15, 0.2) is 41.5 Å². The summed E-state index contributed by atoms with van der Waals surface area (Å²) in [5.74, 6) is -0.992. The van der Waals surface area contributed by atoms with Gasteiger partial charge in [0, 0.05) is 6.07 Å². The van der Waals surface area contributed by atoms with E-state index in [2.05, 4.69) is 10.5 Å². The maximum Gasteiger partial charge on any atom is 0.278 e. The average Bonchev–Trinajstić information content (AvgIpc) is 2.49. The number of nitrogens with one attached hydrogen (secondary N) is 1. The van der Waals surface area contributed by atoms with Crippen LogP contribution in [0.4, 0.5) is 5.69 Å². The zero-order valence-corrected chi connectivity index (χ0v) is 12.1. The molecule has 0 saturated carbocycles. The number of aryl methyl sites for hydroxylation is 1. The molecule has 0 aliphatic heterocycles. The van der Waals surface area contributed by atoms with E-state index in [1.54, 1.807) is 19.1 Å². The summed E-state index contributed by atoms with van der Waals surface area (Å²) in [4.78, 5) is 22.2. The number of phenolic OH excluding ortho intramolecular Hbond substituents is 2. The lowest BCUT2D eigenvalue weighted by Crippen LogP contribution is -2.18. The lowest BCUT2D eigenvalue weighted by Gasteiger charge is -2.05. The molecule has 23 heavy (non-hydrogen) atoms. The number of nitrogens with zero attached hydrogens (tertiary/aromatic N) is 2. The summed E-state index contributed by atoms with van der Waals surface area (Å²) in [7, 11) is 0. The van der Waals surface area contributed by atoms with E-state index in [0.29, 0.717) is 5.56 Å². The summed E-state index contributed by atoms with van der Waals surface area (Å²) in [6.07, 6.45) is 1.04. The molecule has 0 unspecified atom stereocenters. The lowest BCUT2D eigenvalue weighted by atomic mass is 10.1. The molecule has 2 aromatic rings. The predicted molar refractivity (Wildman–Crippen MR) is 82.7 cm³/mol. The number of hydrogen-bond donors (Lipinski definition) is 3. The van der Waals surface area contributed by atoms with Crippen molar-refractivity contribution in [1.82, 2.24) is 5.43 Å². The fraction of sp³-hybridized carbons (Fsp3) is 0.0667. The van der Waals surface area contributed by atoms with Gasteiger partial charge in [-0.05, 0) is 30.7 Å². The van der Waals surface area contributed by atoms with Gasteiger partial charge >= 0.3 is 0 Å². The normalized spacial score (nSPS) is 10.7. The summed E-state index contributed by atoms with van der Waals surface area (Å²) in [6.45, 7) is 1.64. The minimum Gasteiger partial charge on any atom is -0.508 e. The van der Waals surface area contributed by atoms with Crippen molar-refractivity contribution in [3.63, 3.8) is 0 Å². The second-order valence-electron chi connectivity index (χ2n) is 4.67. The molecule has 0 aliphatic rings. The van der Waals surface area contributed by atoms with E-state index in [1.165, 1.54) is 12.1 Å². The molecular formula is C15H13N3O5. The van der Waals surface area contributed by atoms with Crippen LogP contribution in [-0.2, 0) is 0 Å². The number of phenols is 2. The van der Waals surface area contributed by atoms with Crippen LogP contribution in [-0.4, -0.2) is 27.3 Å². The number of nitro groups is 1. The SMILES string of the molecule is Cc1cccc(C(=O)N/N=C/c2cc(O)ccc2[N+](=O)[O-])c1O. The van der Waals surface area contributed by atoms with Gasteiger partial charge in [0.2, 0.25) is 0 Å². The van der Waals surface area contributed by atoms with Gasteiger partial charge in [-0.2, -0.15) is 5.10 Å². The molecule has 0 fully saturated rings. The Balaban J connectivity index is 2.19. The number of hydrazone groups is 1. The standard InChI is InChI=1S/C15H13N3O5/c1-9-3-2-4-12(14(9)20)15(21)17-16-8-10-7-11(19)5-6-13(10)18(22)23/h2-8,19-20H,1H3,(H,17,21)/b16-8+. The Kier molecular flexibility index (Phi) is 4.55. The lowest BCUT2D eigenvalue weighted by molar-refractivity contribution is -0.385. The van der Waals surface area contributed by atoms with E-state index in [4.69, 9.17) is 0 Å². The Labute approximate surface area is 130 Å². The number of carbonyl (C=O) groups excluding carboxylic acids is 1. The quantitative estimate of drug-likeness (QED) is 0.452. The van der Waals surface area contributed by atoms with Crippen LogP contribution in [0.2, 0.25) is 0 Å². The van der Waals surface area contributed by atoms with Crippen molar-refractivity contribution in [3.05, 3.63) is 63.2 Å². The number of para-hydroxylation sites is 1. The second kappa shape index (κ2) is 6.56. The summed E-state index contributed by atoms with van der Waals surface area (Å²) in [5, 5.41) is 33.7. The molecule has 1 amide bonds. The first-order valence-electron chi connectivity index (χ1n) is 6.49. The van der Waals surface area contributed by atoms with E-state index < -0.39 is 10.8 Å². The van der Waals surface area contributed by atoms with Crippen molar-refractivity contribution in [3.8, 4) is 11.5 Å². The zero-order valence-electron chi connectivity index (χ0n) is 12.1. The van der Waals surface area contributed by atoms with E-state index >= 15 is 0 Å². The third kappa shape index (κ3) is 3.62. The Hall–Kier alpha value is -3.42.